The Kier molecular flexibility index (Phi) is 19.1. The number of nitrogens with zero attached hydrogens (tertiary/aromatic N) is 8. The highest BCUT2D eigenvalue weighted by atomic mass is 35.5. The summed E-state index contributed by atoms with van der Waals surface area (Å²) in [6, 6.07) is 26.5. The minimum absolute atomic E-state index is 0.00257. The molecule has 10 amide bonds. The first-order valence-corrected chi connectivity index (χ1v) is 26.9. The van der Waals surface area contributed by atoms with Crippen LogP contribution in [-0.2, 0) is 27.3 Å². The van der Waals surface area contributed by atoms with Crippen LogP contribution in [0.3, 0.4) is 0 Å². The Labute approximate surface area is 461 Å². The molecule has 6 fully saturated rings. The fraction of sp³-hybridized carbons (Fsp3) is 0.407. The highest BCUT2D eigenvalue weighted by molar-refractivity contribution is 6.62. The zero-order chi connectivity index (χ0) is 54.6. The second-order valence-electron chi connectivity index (χ2n) is 19.3. The summed E-state index contributed by atoms with van der Waals surface area (Å²) in [5.74, 6) is -1.15. The summed E-state index contributed by atoms with van der Waals surface area (Å²) < 4.78 is 0. The van der Waals surface area contributed by atoms with Crippen molar-refractivity contribution < 1.29 is 48.4 Å². The number of carbonyl (C=O) groups is 8. The molecule has 6 aliphatic rings. The van der Waals surface area contributed by atoms with Gasteiger partial charge in [-0.1, -0.05) is 88.9 Å². The average Bonchev–Trinajstić information content (AvgIpc) is 3.86. The lowest BCUT2D eigenvalue weighted by Gasteiger charge is -2.36. The van der Waals surface area contributed by atoms with Crippen LogP contribution in [0, 0.1) is 0 Å². The molecule has 0 unspecified atom stereocenters. The van der Waals surface area contributed by atoms with E-state index in [1.54, 1.807) is 23.1 Å². The molecule has 77 heavy (non-hydrogen) atoms. The Morgan fingerprint density at radius 2 is 0.922 bits per heavy atom. The number of hydroxylamine groups is 4. The molecule has 2 atom stereocenters. The van der Waals surface area contributed by atoms with Crippen LogP contribution in [-0.4, -0.2) is 173 Å². The van der Waals surface area contributed by atoms with Gasteiger partial charge in [-0.25, -0.2) is 14.4 Å². The van der Waals surface area contributed by atoms with E-state index in [0.29, 0.717) is 91.4 Å². The molecule has 0 aromatic heterocycles. The van der Waals surface area contributed by atoms with Crippen molar-refractivity contribution in [3.8, 4) is 0 Å². The lowest BCUT2D eigenvalue weighted by Crippen LogP contribution is -2.50. The van der Waals surface area contributed by atoms with Gasteiger partial charge in [0.15, 0.2) is 0 Å². The maximum atomic E-state index is 12.8. The van der Waals surface area contributed by atoms with E-state index in [1.807, 2.05) is 93.6 Å². The highest BCUT2D eigenvalue weighted by Crippen LogP contribution is 2.31. The molecule has 408 valence electrons. The summed E-state index contributed by atoms with van der Waals surface area (Å²) in [4.78, 5) is 113. The quantitative estimate of drug-likeness (QED) is 0.0652. The topological polar surface area (TPSA) is 216 Å². The Hall–Kier alpha value is -7.13. The maximum absolute atomic E-state index is 12.8. The molecule has 0 spiro atoms. The van der Waals surface area contributed by atoms with Gasteiger partial charge in [-0.2, -0.15) is 0 Å². The summed E-state index contributed by atoms with van der Waals surface area (Å²) in [6.07, 6.45) is 6.47. The van der Waals surface area contributed by atoms with Gasteiger partial charge in [0.05, 0.1) is 21.4 Å². The van der Waals surface area contributed by atoms with E-state index >= 15 is 0 Å². The molecule has 0 aliphatic carbocycles. The van der Waals surface area contributed by atoms with Crippen LogP contribution in [0.25, 0.3) is 0 Å². The van der Waals surface area contributed by atoms with Crippen LogP contribution < -0.4 is 20.4 Å². The molecule has 23 heteroatoms. The predicted octanol–water partition coefficient (Wildman–Crippen LogP) is 7.29. The summed E-state index contributed by atoms with van der Waals surface area (Å²) in [6.45, 7) is 7.30. The predicted molar refractivity (Wildman–Crippen MR) is 288 cm³/mol. The van der Waals surface area contributed by atoms with Gasteiger partial charge < -0.3 is 44.9 Å². The SMILES string of the molecule is O=C(Cl)N1CCN(c2ccc(C(=O)N3CCCCC3)cc2Cl)CC1.O=C(ON1C(=O)N[C@@H](Cc2ccccc2)C1=O)N1CCN(c2ccc(C(=O)N3CCCCC3)cc2Cl)CC1.O=C1N[C@@H](Cc2ccccc2)C(=O)N1O. The average molecular weight is 1120 g/mol. The van der Waals surface area contributed by atoms with Gasteiger partial charge >= 0.3 is 23.5 Å². The number of piperidine rings is 2. The number of piperazine rings is 2. The Morgan fingerprint density at radius 3 is 1.32 bits per heavy atom. The molecule has 6 heterocycles. The number of urea groups is 2. The second-order valence-corrected chi connectivity index (χ2v) is 20.4. The minimum Gasteiger partial charge on any atom is -0.367 e. The number of imide groups is 2. The lowest BCUT2D eigenvalue weighted by atomic mass is 10.1. The Bertz CT molecular complexity index is 2790. The first-order valence-electron chi connectivity index (χ1n) is 25.8. The summed E-state index contributed by atoms with van der Waals surface area (Å²) in [7, 11) is 0. The van der Waals surface area contributed by atoms with E-state index in [1.165, 1.54) is 11.3 Å². The highest BCUT2D eigenvalue weighted by Gasteiger charge is 2.42. The van der Waals surface area contributed by atoms with Crippen LogP contribution in [0.4, 0.5) is 30.6 Å². The van der Waals surface area contributed by atoms with E-state index in [2.05, 4.69) is 15.5 Å². The number of anilines is 2. The van der Waals surface area contributed by atoms with Crippen molar-refractivity contribution in [2.75, 3.05) is 88.3 Å². The van der Waals surface area contributed by atoms with Crippen LogP contribution in [0.2, 0.25) is 10.0 Å². The zero-order valence-electron chi connectivity index (χ0n) is 42.4. The number of rotatable bonds is 9. The zero-order valence-corrected chi connectivity index (χ0v) is 44.6. The van der Waals surface area contributed by atoms with E-state index in [0.717, 1.165) is 80.8 Å². The third kappa shape index (κ3) is 14.3. The Morgan fingerprint density at radius 1 is 0.506 bits per heavy atom. The van der Waals surface area contributed by atoms with Crippen LogP contribution in [0.5, 0.6) is 0 Å². The van der Waals surface area contributed by atoms with E-state index < -0.39 is 47.4 Å². The molecule has 0 saturated carbocycles. The third-order valence-corrected chi connectivity index (χ3v) is 15.0. The maximum Gasteiger partial charge on any atom is 0.434 e. The Balaban J connectivity index is 0.000000170. The summed E-state index contributed by atoms with van der Waals surface area (Å²) in [5.41, 5.74) is 4.72. The monoisotopic (exact) mass is 1110 g/mol. The minimum atomic E-state index is -0.790. The number of halogens is 3. The van der Waals surface area contributed by atoms with Gasteiger partial charge in [-0.3, -0.25) is 29.2 Å². The molecule has 0 radical (unpaired) electrons. The number of nitrogens with one attached hydrogen (secondary N) is 2. The van der Waals surface area contributed by atoms with E-state index in [-0.39, 0.29) is 16.9 Å². The molecule has 10 rings (SSSR count). The smallest absolute Gasteiger partial charge is 0.367 e. The van der Waals surface area contributed by atoms with Gasteiger partial charge in [0.25, 0.3) is 23.6 Å². The van der Waals surface area contributed by atoms with Gasteiger partial charge in [0, 0.05) is 103 Å². The van der Waals surface area contributed by atoms with Gasteiger partial charge in [-0.05, 0) is 97.7 Å². The third-order valence-electron chi connectivity index (χ3n) is 14.1. The van der Waals surface area contributed by atoms with Crippen molar-refractivity contribution >= 4 is 93.3 Å². The number of hydrogen-bond donors (Lipinski definition) is 3. The molecule has 6 saturated heterocycles. The molecule has 20 nitrogen and oxygen atoms in total. The standard InChI is InChI=1S/C27H30ClN5O5.C17H21Cl2N3O2.C10H10N2O3/c28-21-18-20(24(34)31-11-5-2-6-12-31)9-10-23(21)30-13-15-32(16-14-30)27(37)38-33-25(35)22(29-26(33)36)17-19-7-3-1-4-8-19;18-14-12-13(16(23)21-6-2-1-3-7-21)4-5-15(14)20-8-10-22(11-9-20)17(19)24;13-9-8(11-10(14)12(9)15)6-7-4-2-1-3-5-7/h1,3-4,7-10,18,22H,2,5-6,11-17H2,(H,29,36);4-5,12H,1-3,6-11H2;1-5,8,15H,6H2,(H,11,14)/t22-;;8-/m0.0/s1. The fourth-order valence-electron chi connectivity index (χ4n) is 9.83. The summed E-state index contributed by atoms with van der Waals surface area (Å²) >= 11 is 18.5. The lowest BCUT2D eigenvalue weighted by molar-refractivity contribution is -0.151. The van der Waals surface area contributed by atoms with E-state index in [4.69, 9.17) is 44.8 Å². The van der Waals surface area contributed by atoms with Crippen molar-refractivity contribution in [2.45, 2.75) is 63.5 Å². The number of hydrogen-bond acceptors (Lipinski definition) is 12. The number of likely N-dealkylation sites (tertiary alicyclic amines) is 2. The fourth-order valence-corrected chi connectivity index (χ4v) is 10.6. The first-order chi connectivity index (χ1) is 37.1. The van der Waals surface area contributed by atoms with Crippen molar-refractivity contribution in [2.24, 2.45) is 0 Å². The molecule has 0 bridgehead atoms. The molecule has 4 aromatic rings. The van der Waals surface area contributed by atoms with Crippen LogP contribution in [0.15, 0.2) is 97.1 Å². The number of carbonyl (C=O) groups excluding carboxylic acids is 8. The number of benzene rings is 4. The van der Waals surface area contributed by atoms with Crippen molar-refractivity contribution in [3.63, 3.8) is 0 Å². The van der Waals surface area contributed by atoms with Crippen molar-refractivity contribution in [1.82, 2.24) is 40.4 Å². The first kappa shape index (κ1) is 56.1. The second kappa shape index (κ2) is 26.3. The largest absolute Gasteiger partial charge is 0.434 e. The van der Waals surface area contributed by atoms with Crippen molar-refractivity contribution in [3.05, 3.63) is 129 Å². The van der Waals surface area contributed by atoms with Crippen LogP contribution in [0.1, 0.15) is 70.4 Å². The molecular formula is C54H61Cl3N10O10. The molecule has 3 N–H and O–H groups in total. The molecule has 6 aliphatic heterocycles. The normalized spacial score (nSPS) is 19.7. The van der Waals surface area contributed by atoms with Crippen LogP contribution >= 0.6 is 34.8 Å². The van der Waals surface area contributed by atoms with Gasteiger partial charge in [-0.15, -0.1) is 5.06 Å². The molecular weight excluding hydrogens is 1060 g/mol. The summed E-state index contributed by atoms with van der Waals surface area (Å²) in [5, 5.41) is 15.2. The van der Waals surface area contributed by atoms with E-state index in [9.17, 15) is 38.4 Å². The molecule has 4 aromatic carbocycles. The number of amides is 10. The van der Waals surface area contributed by atoms with Gasteiger partial charge in [0.1, 0.15) is 12.1 Å². The van der Waals surface area contributed by atoms with Gasteiger partial charge in [0.2, 0.25) is 0 Å². The van der Waals surface area contributed by atoms with Crippen molar-refractivity contribution in [1.29, 1.82) is 0 Å².